The van der Waals surface area contributed by atoms with Crippen LogP contribution in [0, 0.1) is 0 Å². The number of aromatic carboxylic acids is 1. The lowest BCUT2D eigenvalue weighted by atomic mass is 10.4. The summed E-state index contributed by atoms with van der Waals surface area (Å²) >= 11 is 11.4. The molecule has 0 saturated carbocycles. The van der Waals surface area contributed by atoms with E-state index in [0.29, 0.717) is 10.5 Å². The molecular weight excluding hydrogens is 229 g/mol. The number of carboxylic acids is 1. The first-order valence-electron chi connectivity index (χ1n) is 3.53. The average Bonchev–Trinajstić information content (AvgIpc) is 2.47. The molecule has 0 aromatic carbocycles. The summed E-state index contributed by atoms with van der Waals surface area (Å²) in [6.07, 6.45) is 0. The number of H-pyrrole nitrogens is 1. The molecule has 0 unspecified atom stereocenters. The predicted octanol–water partition coefficient (Wildman–Crippen LogP) is 1.96. The standard InChI is InChI=1S/C7H3Cl2N3O2/c8-2-1-3(9)10-5-4(2)11-6(12-5)7(13)14/h1H,(H,13,14)(H,10,11,12). The molecular formula is C7H3Cl2N3O2. The van der Waals surface area contributed by atoms with Gasteiger partial charge in [-0.15, -0.1) is 0 Å². The van der Waals surface area contributed by atoms with E-state index in [1.807, 2.05) is 0 Å². The maximum Gasteiger partial charge on any atom is 0.371 e. The van der Waals surface area contributed by atoms with Gasteiger partial charge in [-0.3, -0.25) is 0 Å². The van der Waals surface area contributed by atoms with Crippen LogP contribution < -0.4 is 0 Å². The molecule has 0 bridgehead atoms. The molecule has 2 heterocycles. The zero-order valence-electron chi connectivity index (χ0n) is 6.58. The van der Waals surface area contributed by atoms with Gasteiger partial charge in [0.25, 0.3) is 0 Å². The number of fused-ring (bicyclic) bond motifs is 1. The zero-order valence-corrected chi connectivity index (χ0v) is 8.10. The summed E-state index contributed by atoms with van der Waals surface area (Å²) in [5, 5.41) is 9.11. The van der Waals surface area contributed by atoms with Gasteiger partial charge in [-0.25, -0.2) is 14.8 Å². The molecule has 2 N–H and O–H groups in total. The van der Waals surface area contributed by atoms with E-state index >= 15 is 0 Å². The third-order valence-electron chi connectivity index (χ3n) is 1.58. The Bertz CT molecular complexity index is 523. The van der Waals surface area contributed by atoms with Gasteiger partial charge in [-0.05, 0) is 6.07 Å². The lowest BCUT2D eigenvalue weighted by Crippen LogP contribution is -1.97. The maximum absolute atomic E-state index is 10.6. The second-order valence-corrected chi connectivity index (χ2v) is 3.31. The molecule has 0 fully saturated rings. The highest BCUT2D eigenvalue weighted by molar-refractivity contribution is 6.37. The summed E-state index contributed by atoms with van der Waals surface area (Å²) in [6.45, 7) is 0. The van der Waals surface area contributed by atoms with Crippen LogP contribution in [0.25, 0.3) is 11.2 Å². The molecule has 7 heteroatoms. The largest absolute Gasteiger partial charge is 0.475 e. The molecule has 0 atom stereocenters. The zero-order chi connectivity index (χ0) is 10.3. The lowest BCUT2D eigenvalue weighted by Gasteiger charge is -1.91. The molecule has 0 aliphatic rings. The van der Waals surface area contributed by atoms with Crippen LogP contribution >= 0.6 is 23.2 Å². The Morgan fingerprint density at radius 3 is 2.79 bits per heavy atom. The van der Waals surface area contributed by atoms with Crippen LogP contribution in [0.1, 0.15) is 10.6 Å². The predicted molar refractivity (Wildman–Crippen MR) is 50.9 cm³/mol. The quantitative estimate of drug-likeness (QED) is 0.736. The number of aromatic amines is 1. The molecule has 5 nitrogen and oxygen atoms in total. The van der Waals surface area contributed by atoms with Crippen molar-refractivity contribution in [3.63, 3.8) is 0 Å². The van der Waals surface area contributed by atoms with Crippen molar-refractivity contribution in [3.05, 3.63) is 22.1 Å². The fourth-order valence-corrected chi connectivity index (χ4v) is 1.50. The molecule has 0 aliphatic heterocycles. The van der Waals surface area contributed by atoms with Crippen molar-refractivity contribution in [2.45, 2.75) is 0 Å². The van der Waals surface area contributed by atoms with Crippen molar-refractivity contribution < 1.29 is 9.90 Å². The van der Waals surface area contributed by atoms with Crippen LogP contribution in [0.15, 0.2) is 6.07 Å². The summed E-state index contributed by atoms with van der Waals surface area (Å²) in [5.41, 5.74) is 0.563. The fourth-order valence-electron chi connectivity index (χ4n) is 1.02. The Morgan fingerprint density at radius 2 is 2.14 bits per heavy atom. The molecule has 0 radical (unpaired) electrons. The molecule has 0 amide bonds. The highest BCUT2D eigenvalue weighted by atomic mass is 35.5. The first-order valence-corrected chi connectivity index (χ1v) is 4.28. The Balaban J connectivity index is 2.76. The monoisotopic (exact) mass is 231 g/mol. The van der Waals surface area contributed by atoms with Gasteiger partial charge in [0.05, 0.1) is 5.02 Å². The van der Waals surface area contributed by atoms with Gasteiger partial charge in [0.2, 0.25) is 5.82 Å². The molecule has 72 valence electrons. The number of carbonyl (C=O) groups is 1. The van der Waals surface area contributed by atoms with E-state index in [4.69, 9.17) is 28.3 Å². The Morgan fingerprint density at radius 1 is 1.43 bits per heavy atom. The molecule has 0 spiro atoms. The summed E-state index contributed by atoms with van der Waals surface area (Å²) in [7, 11) is 0. The van der Waals surface area contributed by atoms with E-state index in [-0.39, 0.29) is 16.6 Å². The minimum atomic E-state index is -1.17. The lowest BCUT2D eigenvalue weighted by molar-refractivity contribution is 0.0685. The van der Waals surface area contributed by atoms with Gasteiger partial charge >= 0.3 is 5.97 Å². The number of carboxylic acid groups (broad SMARTS) is 1. The molecule has 0 aliphatic carbocycles. The number of hydrogen-bond donors (Lipinski definition) is 2. The summed E-state index contributed by atoms with van der Waals surface area (Å²) in [6, 6.07) is 1.41. The normalized spacial score (nSPS) is 10.7. The van der Waals surface area contributed by atoms with Gasteiger partial charge in [-0.1, -0.05) is 23.2 Å². The summed E-state index contributed by atoms with van der Waals surface area (Å²) < 4.78 is 0. The fraction of sp³-hybridized carbons (Fsp3) is 0. The second-order valence-electron chi connectivity index (χ2n) is 2.52. The van der Waals surface area contributed by atoms with Crippen LogP contribution in [0.2, 0.25) is 10.2 Å². The number of nitrogens with one attached hydrogen (secondary N) is 1. The summed E-state index contributed by atoms with van der Waals surface area (Å²) in [4.78, 5) is 20.6. The third kappa shape index (κ3) is 1.40. The van der Waals surface area contributed by atoms with Crippen molar-refractivity contribution in [2.75, 3.05) is 0 Å². The Hall–Kier alpha value is -1.33. The summed E-state index contributed by atoms with van der Waals surface area (Å²) in [5.74, 6) is -1.38. The molecule has 2 rings (SSSR count). The van der Waals surface area contributed by atoms with Gasteiger partial charge < -0.3 is 10.1 Å². The van der Waals surface area contributed by atoms with Crippen LogP contribution in [0.4, 0.5) is 0 Å². The van der Waals surface area contributed by atoms with Crippen LogP contribution in [0.5, 0.6) is 0 Å². The van der Waals surface area contributed by atoms with E-state index in [9.17, 15) is 4.79 Å². The topological polar surface area (TPSA) is 78.9 Å². The highest BCUT2D eigenvalue weighted by Crippen LogP contribution is 2.23. The van der Waals surface area contributed by atoms with Crippen molar-refractivity contribution in [1.29, 1.82) is 0 Å². The first kappa shape index (κ1) is 9.23. The van der Waals surface area contributed by atoms with E-state index < -0.39 is 5.97 Å². The third-order valence-corrected chi connectivity index (χ3v) is 2.08. The smallest absolute Gasteiger partial charge is 0.371 e. The number of nitrogens with zero attached hydrogens (tertiary/aromatic N) is 2. The van der Waals surface area contributed by atoms with Gasteiger partial charge in [0.1, 0.15) is 10.7 Å². The SMILES string of the molecule is O=C(O)c1nc2nc(Cl)cc(Cl)c2[nH]1. The Labute approximate surface area is 87.7 Å². The van der Waals surface area contributed by atoms with Gasteiger partial charge in [0, 0.05) is 0 Å². The molecule has 2 aromatic rings. The van der Waals surface area contributed by atoms with E-state index in [1.165, 1.54) is 6.07 Å². The van der Waals surface area contributed by atoms with Crippen LogP contribution in [-0.2, 0) is 0 Å². The highest BCUT2D eigenvalue weighted by Gasteiger charge is 2.13. The van der Waals surface area contributed by atoms with Crippen molar-refractivity contribution >= 4 is 40.3 Å². The molecule has 0 saturated heterocycles. The number of imidazole rings is 1. The number of aromatic nitrogens is 3. The maximum atomic E-state index is 10.6. The van der Waals surface area contributed by atoms with E-state index in [2.05, 4.69) is 15.0 Å². The van der Waals surface area contributed by atoms with Crippen molar-refractivity contribution in [3.8, 4) is 0 Å². The van der Waals surface area contributed by atoms with Crippen molar-refractivity contribution in [1.82, 2.24) is 15.0 Å². The van der Waals surface area contributed by atoms with Crippen molar-refractivity contribution in [2.24, 2.45) is 0 Å². The molecule has 14 heavy (non-hydrogen) atoms. The number of hydrogen-bond acceptors (Lipinski definition) is 3. The van der Waals surface area contributed by atoms with E-state index in [1.54, 1.807) is 0 Å². The second kappa shape index (κ2) is 3.11. The minimum Gasteiger partial charge on any atom is -0.475 e. The number of pyridine rings is 1. The molecule has 2 aromatic heterocycles. The van der Waals surface area contributed by atoms with Gasteiger partial charge in [0.15, 0.2) is 5.65 Å². The van der Waals surface area contributed by atoms with E-state index in [0.717, 1.165) is 0 Å². The number of rotatable bonds is 1. The minimum absolute atomic E-state index is 0.172. The van der Waals surface area contributed by atoms with Gasteiger partial charge in [-0.2, -0.15) is 0 Å². The number of halogens is 2. The average molecular weight is 232 g/mol. The van der Waals surface area contributed by atoms with Crippen LogP contribution in [0.3, 0.4) is 0 Å². The van der Waals surface area contributed by atoms with Crippen LogP contribution in [-0.4, -0.2) is 26.0 Å². The Kier molecular flexibility index (Phi) is 2.05. The first-order chi connectivity index (χ1) is 6.58.